The highest BCUT2D eigenvalue weighted by Crippen LogP contribution is 2.16. The maximum atomic E-state index is 8.86. The monoisotopic (exact) mass is 179 g/mol. The predicted octanol–water partition coefficient (Wildman–Crippen LogP) is 0.489. The Morgan fingerprint density at radius 2 is 2.15 bits per heavy atom. The van der Waals surface area contributed by atoms with Crippen LogP contribution in [0.1, 0.15) is 11.3 Å². The normalized spacial score (nSPS) is 10.2. The Morgan fingerprint density at radius 3 is 2.62 bits per heavy atom. The van der Waals surface area contributed by atoms with Crippen LogP contribution in [-0.2, 0) is 7.05 Å². The number of hydrogen-bond acceptors (Lipinski definition) is 4. The van der Waals surface area contributed by atoms with Crippen LogP contribution in [0.25, 0.3) is 0 Å². The van der Waals surface area contributed by atoms with Gasteiger partial charge in [0.25, 0.3) is 0 Å². The molecule has 1 heterocycles. The zero-order valence-electron chi connectivity index (χ0n) is 8.29. The Morgan fingerprint density at radius 1 is 1.54 bits per heavy atom. The van der Waals surface area contributed by atoms with E-state index in [2.05, 4.69) is 16.6 Å². The lowest BCUT2D eigenvalue weighted by molar-refractivity contribution is 0.485. The Bertz CT molecular complexity index is 344. The molecular weight excluding hydrogens is 166 g/mol. The summed E-state index contributed by atoms with van der Waals surface area (Å²) in [6, 6.07) is 2.12. The molecule has 1 rings (SSSR count). The smallest absolute Gasteiger partial charge is 0.156 e. The van der Waals surface area contributed by atoms with Crippen molar-refractivity contribution < 1.29 is 0 Å². The molecule has 0 saturated heterocycles. The summed E-state index contributed by atoms with van der Waals surface area (Å²) in [5, 5.41) is 14.8. The van der Waals surface area contributed by atoms with Gasteiger partial charge in [0.1, 0.15) is 11.6 Å². The molecule has 0 spiro atoms. The zero-order valence-corrected chi connectivity index (χ0v) is 8.29. The van der Waals surface area contributed by atoms with Gasteiger partial charge in [0, 0.05) is 21.1 Å². The summed E-state index contributed by atoms with van der Waals surface area (Å²) in [7, 11) is 5.53. The second-order valence-electron chi connectivity index (χ2n) is 3.05. The highest BCUT2D eigenvalue weighted by atomic mass is 15.5. The third-order valence-electron chi connectivity index (χ3n) is 1.66. The van der Waals surface area contributed by atoms with Gasteiger partial charge in [-0.25, -0.2) is 5.01 Å². The van der Waals surface area contributed by atoms with Gasteiger partial charge in [0.15, 0.2) is 5.82 Å². The fourth-order valence-electron chi connectivity index (χ4n) is 1.13. The standard InChI is InChI=1S/C8H13N5/c1-6-7(5-9)8(11-12(2)3)13(4)10-6/h11H,1-4H3. The third-order valence-corrected chi connectivity index (χ3v) is 1.66. The zero-order chi connectivity index (χ0) is 10.0. The summed E-state index contributed by atoms with van der Waals surface area (Å²) < 4.78 is 1.66. The van der Waals surface area contributed by atoms with Crippen molar-refractivity contribution in [3.05, 3.63) is 11.3 Å². The Hall–Kier alpha value is -1.54. The van der Waals surface area contributed by atoms with Crippen LogP contribution in [0.5, 0.6) is 0 Å². The van der Waals surface area contributed by atoms with E-state index < -0.39 is 0 Å². The van der Waals surface area contributed by atoms with Crippen LogP contribution in [0.15, 0.2) is 0 Å². The molecule has 0 aliphatic rings. The number of hydrogen-bond donors (Lipinski definition) is 1. The molecule has 0 fully saturated rings. The van der Waals surface area contributed by atoms with Crippen LogP contribution >= 0.6 is 0 Å². The first-order valence-corrected chi connectivity index (χ1v) is 3.94. The minimum atomic E-state index is 0.594. The third kappa shape index (κ3) is 1.79. The van der Waals surface area contributed by atoms with Crippen molar-refractivity contribution in [1.82, 2.24) is 14.8 Å². The van der Waals surface area contributed by atoms with Crippen LogP contribution in [-0.4, -0.2) is 28.9 Å². The topological polar surface area (TPSA) is 56.9 Å². The molecular formula is C8H13N5. The molecule has 0 atom stereocenters. The maximum absolute atomic E-state index is 8.86. The number of rotatable bonds is 2. The highest BCUT2D eigenvalue weighted by Gasteiger charge is 2.12. The number of aryl methyl sites for hydroxylation is 2. The van der Waals surface area contributed by atoms with Crippen molar-refractivity contribution in [3.63, 3.8) is 0 Å². The van der Waals surface area contributed by atoms with E-state index in [1.165, 1.54) is 0 Å². The first-order valence-electron chi connectivity index (χ1n) is 3.94. The lowest BCUT2D eigenvalue weighted by Gasteiger charge is -2.13. The van der Waals surface area contributed by atoms with E-state index in [9.17, 15) is 0 Å². The Kier molecular flexibility index (Phi) is 2.54. The Labute approximate surface area is 77.5 Å². The van der Waals surface area contributed by atoms with E-state index in [1.807, 2.05) is 21.0 Å². The van der Waals surface area contributed by atoms with Crippen molar-refractivity contribution in [2.45, 2.75) is 6.92 Å². The van der Waals surface area contributed by atoms with E-state index >= 15 is 0 Å². The van der Waals surface area contributed by atoms with Gasteiger partial charge in [0.2, 0.25) is 0 Å². The van der Waals surface area contributed by atoms with E-state index in [1.54, 1.807) is 16.7 Å². The number of nitrogens with one attached hydrogen (secondary N) is 1. The number of aromatic nitrogens is 2. The maximum Gasteiger partial charge on any atom is 0.156 e. The minimum absolute atomic E-state index is 0.594. The first kappa shape index (κ1) is 9.55. The summed E-state index contributed by atoms with van der Waals surface area (Å²) in [4.78, 5) is 0. The average Bonchev–Trinajstić information content (AvgIpc) is 2.26. The molecule has 1 aromatic heterocycles. The van der Waals surface area contributed by atoms with E-state index in [0.717, 1.165) is 11.5 Å². The molecule has 0 bridgehead atoms. The summed E-state index contributed by atoms with van der Waals surface area (Å²) in [6.07, 6.45) is 0. The number of nitrogens with zero attached hydrogens (tertiary/aromatic N) is 4. The lowest BCUT2D eigenvalue weighted by Crippen LogP contribution is -2.22. The van der Waals surface area contributed by atoms with Gasteiger partial charge in [0.05, 0.1) is 5.69 Å². The van der Waals surface area contributed by atoms with Crippen molar-refractivity contribution >= 4 is 5.82 Å². The molecule has 0 radical (unpaired) electrons. The highest BCUT2D eigenvalue weighted by molar-refractivity contribution is 5.54. The van der Waals surface area contributed by atoms with Crippen molar-refractivity contribution in [2.24, 2.45) is 7.05 Å². The molecule has 0 aromatic carbocycles. The van der Waals surface area contributed by atoms with Gasteiger partial charge >= 0.3 is 0 Å². The number of anilines is 1. The van der Waals surface area contributed by atoms with Gasteiger partial charge in [-0.05, 0) is 6.92 Å². The van der Waals surface area contributed by atoms with Crippen LogP contribution in [0, 0.1) is 18.3 Å². The largest absolute Gasteiger partial charge is 0.303 e. The van der Waals surface area contributed by atoms with Crippen LogP contribution < -0.4 is 5.43 Å². The predicted molar refractivity (Wildman–Crippen MR) is 50.0 cm³/mol. The van der Waals surface area contributed by atoms with E-state index in [4.69, 9.17) is 5.26 Å². The fourth-order valence-corrected chi connectivity index (χ4v) is 1.13. The van der Waals surface area contributed by atoms with Gasteiger partial charge in [-0.3, -0.25) is 4.68 Å². The molecule has 0 amide bonds. The molecule has 13 heavy (non-hydrogen) atoms. The van der Waals surface area contributed by atoms with Gasteiger partial charge < -0.3 is 5.43 Å². The number of hydrazine groups is 1. The second kappa shape index (κ2) is 3.46. The van der Waals surface area contributed by atoms with Crippen molar-refractivity contribution in [1.29, 1.82) is 5.26 Å². The molecule has 70 valence electrons. The van der Waals surface area contributed by atoms with Gasteiger partial charge in [-0.1, -0.05) is 0 Å². The molecule has 1 aromatic rings. The summed E-state index contributed by atoms with van der Waals surface area (Å²) in [5.74, 6) is 0.727. The molecule has 5 heteroatoms. The van der Waals surface area contributed by atoms with Crippen LogP contribution in [0.3, 0.4) is 0 Å². The first-order chi connectivity index (χ1) is 6.06. The van der Waals surface area contributed by atoms with Gasteiger partial charge in [-0.2, -0.15) is 10.4 Å². The van der Waals surface area contributed by atoms with Crippen molar-refractivity contribution in [3.8, 4) is 6.07 Å². The van der Waals surface area contributed by atoms with Crippen LogP contribution in [0.2, 0.25) is 0 Å². The molecule has 0 saturated carbocycles. The number of nitriles is 1. The fraction of sp³-hybridized carbons (Fsp3) is 0.500. The molecule has 5 nitrogen and oxygen atoms in total. The van der Waals surface area contributed by atoms with Crippen molar-refractivity contribution in [2.75, 3.05) is 19.5 Å². The SMILES string of the molecule is Cc1nn(C)c(NN(C)C)c1C#N. The minimum Gasteiger partial charge on any atom is -0.303 e. The van der Waals surface area contributed by atoms with E-state index in [0.29, 0.717) is 5.56 Å². The molecule has 0 aliphatic carbocycles. The summed E-state index contributed by atoms with van der Waals surface area (Å²) >= 11 is 0. The summed E-state index contributed by atoms with van der Waals surface area (Å²) in [5.41, 5.74) is 4.36. The van der Waals surface area contributed by atoms with Gasteiger partial charge in [-0.15, -0.1) is 0 Å². The second-order valence-corrected chi connectivity index (χ2v) is 3.05. The molecule has 1 N–H and O–H groups in total. The average molecular weight is 179 g/mol. The molecule has 0 unspecified atom stereocenters. The van der Waals surface area contributed by atoms with E-state index in [-0.39, 0.29) is 0 Å². The van der Waals surface area contributed by atoms with Crippen LogP contribution in [0.4, 0.5) is 5.82 Å². The lowest BCUT2D eigenvalue weighted by atomic mass is 10.3. The molecule has 0 aliphatic heterocycles. The quantitative estimate of drug-likeness (QED) is 0.671. The summed E-state index contributed by atoms with van der Waals surface area (Å²) in [6.45, 7) is 1.82. The Balaban J connectivity index is 3.12.